The number of aromatic nitrogens is 2. The van der Waals surface area contributed by atoms with E-state index in [0.717, 1.165) is 59.4 Å². The number of nitrogens with two attached hydrogens (primary N) is 1. The van der Waals surface area contributed by atoms with Crippen molar-refractivity contribution in [3.8, 4) is 44.9 Å². The second-order valence-corrected chi connectivity index (χ2v) is 13.5. The lowest BCUT2D eigenvalue weighted by atomic mass is 9.99. The highest BCUT2D eigenvalue weighted by molar-refractivity contribution is 8.93. The predicted molar refractivity (Wildman–Crippen MR) is 215 cm³/mol. The number of methoxy groups -OCH3 is 1. The molecular formula is C42H45BrN4O7. The Labute approximate surface area is 325 Å². The normalized spacial score (nSPS) is 15.9. The van der Waals surface area contributed by atoms with Gasteiger partial charge in [-0.25, -0.2) is 4.98 Å². The molecule has 2 aliphatic heterocycles. The van der Waals surface area contributed by atoms with E-state index < -0.39 is 5.91 Å². The van der Waals surface area contributed by atoms with Gasteiger partial charge in [0.25, 0.3) is 5.91 Å². The highest BCUT2D eigenvalue weighted by atomic mass is 79.9. The summed E-state index contributed by atoms with van der Waals surface area (Å²) in [4.78, 5) is 32.0. The van der Waals surface area contributed by atoms with Gasteiger partial charge in [-0.2, -0.15) is 0 Å². The van der Waals surface area contributed by atoms with Crippen LogP contribution in [-0.4, -0.2) is 68.3 Å². The maximum absolute atomic E-state index is 13.8. The Hall–Kier alpha value is -5.01. The monoisotopic (exact) mass is 796 g/mol. The number of hydrogen-bond acceptors (Lipinski definition) is 9. The lowest BCUT2D eigenvalue weighted by Gasteiger charge is -2.23. The molecule has 0 radical (unpaired) electrons. The second-order valence-electron chi connectivity index (χ2n) is 13.5. The van der Waals surface area contributed by atoms with Gasteiger partial charge in [-0.1, -0.05) is 48.0 Å². The maximum atomic E-state index is 13.8. The van der Waals surface area contributed by atoms with E-state index in [1.54, 1.807) is 31.6 Å². The molecule has 3 aromatic carbocycles. The van der Waals surface area contributed by atoms with Gasteiger partial charge < -0.3 is 39.3 Å². The van der Waals surface area contributed by atoms with Gasteiger partial charge >= 0.3 is 0 Å². The van der Waals surface area contributed by atoms with Gasteiger partial charge in [0.1, 0.15) is 24.1 Å². The Morgan fingerprint density at radius 1 is 0.870 bits per heavy atom. The zero-order chi connectivity index (χ0) is 36.7. The van der Waals surface area contributed by atoms with Crippen molar-refractivity contribution in [1.29, 1.82) is 0 Å². The van der Waals surface area contributed by atoms with Crippen LogP contribution in [0.2, 0.25) is 0 Å². The third kappa shape index (κ3) is 9.19. The number of carbonyl (C=O) groups excluding carboxylic acids is 1. The topological polar surface area (TPSA) is 136 Å². The Balaban J connectivity index is 0.00000497. The number of hydrogen-bond donors (Lipinski definition) is 2. The first-order valence-corrected chi connectivity index (χ1v) is 17.9. The summed E-state index contributed by atoms with van der Waals surface area (Å²) in [6.45, 7) is 6.13. The van der Waals surface area contributed by atoms with Crippen molar-refractivity contribution in [3.63, 3.8) is 0 Å². The Kier molecular flexibility index (Phi) is 12.8. The highest BCUT2D eigenvalue weighted by Crippen LogP contribution is 2.35. The molecule has 0 spiro atoms. The molecule has 2 fully saturated rings. The van der Waals surface area contributed by atoms with Crippen LogP contribution >= 0.6 is 17.0 Å². The zero-order valence-electron chi connectivity index (χ0n) is 30.4. The predicted octanol–water partition coefficient (Wildman–Crippen LogP) is 7.19. The van der Waals surface area contributed by atoms with Gasteiger partial charge in [-0.3, -0.25) is 9.59 Å². The molecule has 2 saturated heterocycles. The first kappa shape index (κ1) is 38.7. The van der Waals surface area contributed by atoms with Crippen LogP contribution in [0.1, 0.15) is 28.8 Å². The van der Waals surface area contributed by atoms with Crippen molar-refractivity contribution in [3.05, 3.63) is 113 Å². The van der Waals surface area contributed by atoms with E-state index in [0.29, 0.717) is 67.5 Å². The molecule has 4 heterocycles. The molecule has 0 saturated carbocycles. The quantitative estimate of drug-likeness (QED) is 0.142. The molecule has 54 heavy (non-hydrogen) atoms. The van der Waals surface area contributed by atoms with Crippen LogP contribution in [0.5, 0.6) is 11.5 Å². The summed E-state index contributed by atoms with van der Waals surface area (Å²) >= 11 is 0. The third-order valence-corrected chi connectivity index (χ3v) is 9.68. The molecule has 2 aliphatic rings. The standard InChI is InChI=1S/C42H44N4O7.BrH/c1-27-3-5-30(6-4-27)36-23-46(22-28-13-15-50-16-14-28)24-37(40(36)47)42(48)45-33-10-7-29(8-11-33)35-19-32(21-44-41(35)43)31-9-12-38(39(20-31)49-2)53-26-34-25-51-17-18-52-34;/h3-12,19-21,23-24,28,34H,13-18,22,25-26H2,1-2H3,(H2,43,44)(H,45,48);1H/t34-;/m1./s1. The largest absolute Gasteiger partial charge is 0.493 e. The third-order valence-electron chi connectivity index (χ3n) is 9.68. The maximum Gasteiger partial charge on any atom is 0.261 e. The van der Waals surface area contributed by atoms with Crippen LogP contribution in [0.25, 0.3) is 33.4 Å². The molecular weight excluding hydrogens is 752 g/mol. The average molecular weight is 798 g/mol. The summed E-state index contributed by atoms with van der Waals surface area (Å²) in [5, 5.41) is 2.94. The van der Waals surface area contributed by atoms with E-state index in [2.05, 4.69) is 10.3 Å². The molecule has 0 unspecified atom stereocenters. The molecule has 5 aromatic rings. The van der Waals surface area contributed by atoms with Crippen molar-refractivity contribution in [2.24, 2.45) is 5.92 Å². The number of anilines is 2. The smallest absolute Gasteiger partial charge is 0.261 e. The number of pyridine rings is 2. The summed E-state index contributed by atoms with van der Waals surface area (Å²) in [5.74, 6) is 1.48. The average Bonchev–Trinajstić information content (AvgIpc) is 3.19. The van der Waals surface area contributed by atoms with Crippen LogP contribution in [0.3, 0.4) is 0 Å². The molecule has 1 atom stereocenters. The number of ether oxygens (including phenoxy) is 5. The van der Waals surface area contributed by atoms with Crippen molar-refractivity contribution >= 4 is 34.4 Å². The number of rotatable bonds is 11. The number of carbonyl (C=O) groups is 1. The number of benzene rings is 3. The van der Waals surface area contributed by atoms with Gasteiger partial charge in [0.2, 0.25) is 5.43 Å². The first-order valence-electron chi connectivity index (χ1n) is 17.9. The van der Waals surface area contributed by atoms with Crippen LogP contribution in [0, 0.1) is 12.8 Å². The number of aryl methyl sites for hydroxylation is 1. The molecule has 0 aliphatic carbocycles. The molecule has 1 amide bonds. The van der Waals surface area contributed by atoms with Gasteiger partial charge in [0, 0.05) is 60.7 Å². The SMILES string of the molecule is Br.COc1cc(-c2cnc(N)c(-c3ccc(NC(=O)c4cn(CC5CCOCC5)cc(-c5ccc(C)cc5)c4=O)cc3)c2)ccc1OC[C@H]1COCCO1. The van der Waals surface area contributed by atoms with Crippen molar-refractivity contribution in [2.45, 2.75) is 32.4 Å². The van der Waals surface area contributed by atoms with E-state index in [1.807, 2.05) is 78.4 Å². The fraction of sp³-hybridized carbons (Fsp3) is 0.310. The number of nitrogen functional groups attached to an aromatic ring is 1. The summed E-state index contributed by atoms with van der Waals surface area (Å²) in [6, 6.07) is 22.8. The molecule has 282 valence electrons. The van der Waals surface area contributed by atoms with Crippen LogP contribution < -0.4 is 26.0 Å². The molecule has 0 bridgehead atoms. The van der Waals surface area contributed by atoms with Crippen molar-refractivity contribution < 1.29 is 28.5 Å². The first-order chi connectivity index (χ1) is 25.8. The Morgan fingerprint density at radius 3 is 2.31 bits per heavy atom. The van der Waals surface area contributed by atoms with E-state index in [4.69, 9.17) is 29.4 Å². The minimum atomic E-state index is -0.471. The van der Waals surface area contributed by atoms with Crippen LogP contribution in [-0.2, 0) is 20.8 Å². The van der Waals surface area contributed by atoms with Gasteiger partial charge in [0.05, 0.1) is 26.9 Å². The van der Waals surface area contributed by atoms with Gasteiger partial charge in [-0.15, -0.1) is 17.0 Å². The molecule has 2 aromatic heterocycles. The second kappa shape index (κ2) is 17.9. The highest BCUT2D eigenvalue weighted by Gasteiger charge is 2.21. The minimum Gasteiger partial charge on any atom is -0.493 e. The summed E-state index contributed by atoms with van der Waals surface area (Å²) < 4.78 is 30.3. The lowest BCUT2D eigenvalue weighted by Crippen LogP contribution is -2.33. The van der Waals surface area contributed by atoms with Gasteiger partial charge in [-0.05, 0) is 72.7 Å². The summed E-state index contributed by atoms with van der Waals surface area (Å²) in [7, 11) is 1.60. The fourth-order valence-electron chi connectivity index (χ4n) is 6.64. The summed E-state index contributed by atoms with van der Waals surface area (Å²) in [5.41, 5.74) is 12.3. The molecule has 11 nitrogen and oxygen atoms in total. The van der Waals surface area contributed by atoms with Crippen LogP contribution in [0.4, 0.5) is 11.5 Å². The van der Waals surface area contributed by atoms with E-state index in [-0.39, 0.29) is 34.1 Å². The van der Waals surface area contributed by atoms with E-state index in [9.17, 15) is 9.59 Å². The number of halogens is 1. The molecule has 12 heteroatoms. The molecule has 7 rings (SSSR count). The Morgan fingerprint density at radius 2 is 1.59 bits per heavy atom. The van der Waals surface area contributed by atoms with Crippen LogP contribution in [0.15, 0.2) is 96.2 Å². The van der Waals surface area contributed by atoms with E-state index in [1.165, 1.54) is 0 Å². The van der Waals surface area contributed by atoms with Crippen molar-refractivity contribution in [2.75, 3.05) is 57.8 Å². The summed E-state index contributed by atoms with van der Waals surface area (Å²) in [6.07, 6.45) is 6.99. The number of nitrogens with one attached hydrogen (secondary N) is 1. The fourth-order valence-corrected chi connectivity index (χ4v) is 6.64. The minimum absolute atomic E-state index is 0. The number of nitrogens with zero attached hydrogens (tertiary/aromatic N) is 2. The zero-order valence-corrected chi connectivity index (χ0v) is 32.1. The van der Waals surface area contributed by atoms with E-state index >= 15 is 0 Å². The molecule has 3 N–H and O–H groups in total. The Bertz CT molecular complexity index is 2110. The number of amides is 1. The van der Waals surface area contributed by atoms with Crippen molar-refractivity contribution in [1.82, 2.24) is 9.55 Å². The lowest BCUT2D eigenvalue weighted by molar-refractivity contribution is -0.101. The van der Waals surface area contributed by atoms with Gasteiger partial charge in [0.15, 0.2) is 11.5 Å².